The van der Waals surface area contributed by atoms with E-state index in [0.29, 0.717) is 11.3 Å². The molecule has 28 heavy (non-hydrogen) atoms. The number of amides is 1. The van der Waals surface area contributed by atoms with E-state index in [9.17, 15) is 4.79 Å². The molecule has 1 N–H and O–H groups in total. The van der Waals surface area contributed by atoms with E-state index in [1.54, 1.807) is 18.3 Å². The largest absolute Gasteiger partial charge is 0.319 e. The zero-order chi connectivity index (χ0) is 19.5. The molecule has 0 radical (unpaired) electrons. The summed E-state index contributed by atoms with van der Waals surface area (Å²) in [6.45, 7) is 2.12. The average molecular weight is 388 g/mol. The summed E-state index contributed by atoms with van der Waals surface area (Å²) in [7, 11) is 0. The summed E-state index contributed by atoms with van der Waals surface area (Å²) in [5.74, 6) is -0.250. The number of rotatable bonds is 4. The van der Waals surface area contributed by atoms with Gasteiger partial charge in [-0.05, 0) is 36.2 Å². The zero-order valence-corrected chi connectivity index (χ0v) is 16.1. The summed E-state index contributed by atoms with van der Waals surface area (Å²) in [4.78, 5) is 21.8. The third-order valence-corrected chi connectivity index (χ3v) is 4.93. The fourth-order valence-corrected chi connectivity index (χ4v) is 3.26. The molecular weight excluding hydrogens is 370 g/mol. The van der Waals surface area contributed by atoms with Gasteiger partial charge in [0.05, 0.1) is 22.5 Å². The van der Waals surface area contributed by atoms with Crippen LogP contribution in [0.15, 0.2) is 72.9 Å². The number of hydrogen-bond acceptors (Lipinski definition) is 3. The van der Waals surface area contributed by atoms with Crippen molar-refractivity contribution in [3.63, 3.8) is 0 Å². The number of aromatic nitrogens is 2. The molecule has 0 spiro atoms. The lowest BCUT2D eigenvalue weighted by Gasteiger charge is -2.11. The van der Waals surface area contributed by atoms with Gasteiger partial charge in [0.15, 0.2) is 5.15 Å². The summed E-state index contributed by atoms with van der Waals surface area (Å²) in [6.07, 6.45) is 2.56. The maximum absolute atomic E-state index is 13.0. The van der Waals surface area contributed by atoms with E-state index in [1.807, 2.05) is 42.5 Å². The number of benzene rings is 2. The summed E-state index contributed by atoms with van der Waals surface area (Å²) in [5, 5.41) is 3.89. The third kappa shape index (κ3) is 3.59. The van der Waals surface area contributed by atoms with Gasteiger partial charge in [0, 0.05) is 17.1 Å². The van der Waals surface area contributed by atoms with Gasteiger partial charge in [0.1, 0.15) is 0 Å². The maximum Gasteiger partial charge on any atom is 0.256 e. The van der Waals surface area contributed by atoms with Gasteiger partial charge >= 0.3 is 0 Å². The number of para-hydroxylation sites is 1. The van der Waals surface area contributed by atoms with Gasteiger partial charge in [-0.15, -0.1) is 0 Å². The summed E-state index contributed by atoms with van der Waals surface area (Å²) >= 11 is 6.09. The van der Waals surface area contributed by atoms with Crippen LogP contribution in [0, 0.1) is 0 Å². The maximum atomic E-state index is 13.0. The van der Waals surface area contributed by atoms with E-state index in [4.69, 9.17) is 16.6 Å². The minimum absolute atomic E-state index is 0.250. The minimum atomic E-state index is -0.250. The normalized spacial score (nSPS) is 10.8. The fourth-order valence-electron chi connectivity index (χ4n) is 3.09. The first kappa shape index (κ1) is 18.1. The van der Waals surface area contributed by atoms with Gasteiger partial charge in [-0.25, -0.2) is 9.97 Å². The van der Waals surface area contributed by atoms with Crippen molar-refractivity contribution in [3.8, 4) is 11.3 Å². The van der Waals surface area contributed by atoms with Crippen LogP contribution in [0.1, 0.15) is 22.8 Å². The van der Waals surface area contributed by atoms with Crippen molar-refractivity contribution >= 4 is 34.1 Å². The Hall–Kier alpha value is -3.24. The van der Waals surface area contributed by atoms with Gasteiger partial charge in [-0.1, -0.05) is 61.0 Å². The van der Waals surface area contributed by atoms with Crippen LogP contribution in [0.4, 0.5) is 5.69 Å². The van der Waals surface area contributed by atoms with Crippen LogP contribution in [0.25, 0.3) is 22.2 Å². The number of halogens is 1. The van der Waals surface area contributed by atoms with Crippen molar-refractivity contribution in [1.82, 2.24) is 9.97 Å². The number of pyridine rings is 2. The number of anilines is 1. The van der Waals surface area contributed by atoms with Crippen LogP contribution in [-0.4, -0.2) is 15.9 Å². The Morgan fingerprint density at radius 1 is 1.04 bits per heavy atom. The first-order valence-corrected chi connectivity index (χ1v) is 9.44. The Labute approximate surface area is 168 Å². The van der Waals surface area contributed by atoms with E-state index in [0.717, 1.165) is 28.6 Å². The first-order valence-electron chi connectivity index (χ1n) is 9.06. The average Bonchev–Trinajstić information content (AvgIpc) is 2.74. The molecular formula is C23H18ClN3O. The Balaban J connectivity index is 1.80. The fraction of sp³-hybridized carbons (Fsp3) is 0.0870. The molecule has 5 heteroatoms. The summed E-state index contributed by atoms with van der Waals surface area (Å²) in [5.41, 5.74) is 4.76. The highest BCUT2D eigenvalue weighted by Gasteiger charge is 2.15. The highest BCUT2D eigenvalue weighted by Crippen LogP contribution is 2.27. The van der Waals surface area contributed by atoms with Crippen molar-refractivity contribution in [2.24, 2.45) is 0 Å². The van der Waals surface area contributed by atoms with Crippen LogP contribution >= 0.6 is 11.6 Å². The molecule has 2 heterocycles. The van der Waals surface area contributed by atoms with E-state index in [-0.39, 0.29) is 11.1 Å². The van der Waals surface area contributed by atoms with Crippen LogP contribution in [-0.2, 0) is 6.42 Å². The van der Waals surface area contributed by atoms with Gasteiger partial charge in [0.25, 0.3) is 5.91 Å². The van der Waals surface area contributed by atoms with Crippen molar-refractivity contribution < 1.29 is 4.79 Å². The Bertz CT molecular complexity index is 1160. The molecule has 4 nitrogen and oxygen atoms in total. The third-order valence-electron chi connectivity index (χ3n) is 4.63. The quantitative estimate of drug-likeness (QED) is 0.452. The lowest BCUT2D eigenvalue weighted by Crippen LogP contribution is -2.13. The topological polar surface area (TPSA) is 54.9 Å². The molecule has 0 unspecified atom stereocenters. The van der Waals surface area contributed by atoms with Crippen molar-refractivity contribution in [2.45, 2.75) is 13.3 Å². The van der Waals surface area contributed by atoms with Crippen molar-refractivity contribution in [2.75, 3.05) is 5.32 Å². The predicted molar refractivity (Wildman–Crippen MR) is 114 cm³/mol. The molecule has 0 saturated carbocycles. The number of carbonyl (C=O) groups excluding carboxylic acids is 1. The zero-order valence-electron chi connectivity index (χ0n) is 15.3. The number of fused-ring (bicyclic) bond motifs is 1. The van der Waals surface area contributed by atoms with Gasteiger partial charge in [0.2, 0.25) is 0 Å². The van der Waals surface area contributed by atoms with E-state index < -0.39 is 0 Å². The monoisotopic (exact) mass is 387 g/mol. The molecule has 0 bridgehead atoms. The van der Waals surface area contributed by atoms with E-state index in [2.05, 4.69) is 29.4 Å². The SMILES string of the molecule is CCc1ccc(-c2cc(C(=O)Nc3cccnc3Cl)c3ccccc3n2)cc1. The number of nitrogens with zero attached hydrogens (tertiary/aromatic N) is 2. The first-order chi connectivity index (χ1) is 13.7. The molecule has 1 amide bonds. The van der Waals surface area contributed by atoms with Gasteiger partial charge in [-0.3, -0.25) is 4.79 Å². The molecule has 0 aliphatic heterocycles. The molecule has 0 aliphatic carbocycles. The molecule has 0 atom stereocenters. The van der Waals surface area contributed by atoms with Gasteiger partial charge in [-0.2, -0.15) is 0 Å². The standard InChI is InChI=1S/C23H18ClN3O/c1-2-15-9-11-16(12-10-15)21-14-18(17-6-3-4-7-19(17)26-21)23(28)27-20-8-5-13-25-22(20)24/h3-14H,2H2,1H3,(H,27,28). The van der Waals surface area contributed by atoms with Crippen LogP contribution < -0.4 is 5.32 Å². The lowest BCUT2D eigenvalue weighted by molar-refractivity contribution is 0.102. The molecule has 0 fully saturated rings. The van der Waals surface area contributed by atoms with Crippen LogP contribution in [0.2, 0.25) is 5.15 Å². The van der Waals surface area contributed by atoms with Crippen LogP contribution in [0.3, 0.4) is 0 Å². The van der Waals surface area contributed by atoms with Gasteiger partial charge < -0.3 is 5.32 Å². The Kier molecular flexibility index (Phi) is 5.04. The second-order valence-corrected chi connectivity index (χ2v) is 6.78. The molecule has 2 aromatic carbocycles. The molecule has 2 aromatic heterocycles. The number of carbonyl (C=O) groups is 1. The van der Waals surface area contributed by atoms with Crippen molar-refractivity contribution in [1.29, 1.82) is 0 Å². The summed E-state index contributed by atoms with van der Waals surface area (Å²) in [6, 6.07) is 21.1. The number of hydrogen-bond donors (Lipinski definition) is 1. The molecule has 0 saturated heterocycles. The predicted octanol–water partition coefficient (Wildman–Crippen LogP) is 5.76. The van der Waals surface area contributed by atoms with E-state index >= 15 is 0 Å². The summed E-state index contributed by atoms with van der Waals surface area (Å²) < 4.78 is 0. The highest BCUT2D eigenvalue weighted by molar-refractivity contribution is 6.32. The Morgan fingerprint density at radius 2 is 1.82 bits per heavy atom. The molecule has 4 aromatic rings. The smallest absolute Gasteiger partial charge is 0.256 e. The number of nitrogens with one attached hydrogen (secondary N) is 1. The second-order valence-electron chi connectivity index (χ2n) is 6.42. The van der Waals surface area contributed by atoms with E-state index in [1.165, 1.54) is 5.56 Å². The minimum Gasteiger partial charge on any atom is -0.319 e. The van der Waals surface area contributed by atoms with Crippen LogP contribution in [0.5, 0.6) is 0 Å². The Morgan fingerprint density at radius 3 is 2.57 bits per heavy atom. The number of aryl methyl sites for hydroxylation is 1. The lowest BCUT2D eigenvalue weighted by atomic mass is 10.0. The molecule has 0 aliphatic rings. The highest BCUT2D eigenvalue weighted by atomic mass is 35.5. The molecule has 4 rings (SSSR count). The second kappa shape index (κ2) is 7.79. The molecule has 138 valence electrons. The van der Waals surface area contributed by atoms with Crippen molar-refractivity contribution in [3.05, 3.63) is 89.2 Å².